The normalized spacial score (nSPS) is 21.1. The van der Waals surface area contributed by atoms with Gasteiger partial charge in [0.1, 0.15) is 5.71 Å². The highest BCUT2D eigenvalue weighted by Crippen LogP contribution is 2.45. The highest BCUT2D eigenvalue weighted by molar-refractivity contribution is 6.33. The molecule has 2 aromatic rings. The van der Waals surface area contributed by atoms with E-state index in [9.17, 15) is 4.79 Å². The van der Waals surface area contributed by atoms with E-state index in [0.717, 1.165) is 24.2 Å². The summed E-state index contributed by atoms with van der Waals surface area (Å²) in [6.07, 6.45) is 11.4. The van der Waals surface area contributed by atoms with Crippen LogP contribution in [0.1, 0.15) is 59.7 Å². The number of rotatable bonds is 6. The number of amides is 1. The predicted octanol–water partition coefficient (Wildman–Crippen LogP) is 2.55. The number of likely N-dealkylation sites (tertiary alicyclic amines) is 1. The smallest absolute Gasteiger partial charge is 0.273 e. The Morgan fingerprint density at radius 1 is 1.24 bits per heavy atom. The molecule has 0 radical (unpaired) electrons. The van der Waals surface area contributed by atoms with Gasteiger partial charge >= 0.3 is 0 Å². The Bertz CT molecular complexity index is 980. The van der Waals surface area contributed by atoms with Crippen LogP contribution in [0.2, 0.25) is 0 Å². The Kier molecular flexibility index (Phi) is 4.75. The largest absolute Gasteiger partial charge is 0.359 e. The molecule has 0 aromatic carbocycles. The van der Waals surface area contributed by atoms with Gasteiger partial charge in [0.15, 0.2) is 0 Å². The van der Waals surface area contributed by atoms with E-state index in [-0.39, 0.29) is 5.91 Å². The Morgan fingerprint density at radius 3 is 2.79 bits per heavy atom. The number of hydrogen-bond acceptors (Lipinski definition) is 5. The number of nitrogens with zero attached hydrogens (tertiary/aromatic N) is 4. The third-order valence-corrected chi connectivity index (χ3v) is 6.17. The summed E-state index contributed by atoms with van der Waals surface area (Å²) in [4.78, 5) is 18.6. The van der Waals surface area contributed by atoms with Gasteiger partial charge in [-0.15, -0.1) is 0 Å². The number of aromatic nitrogens is 3. The fourth-order valence-electron chi connectivity index (χ4n) is 4.52. The molecule has 3 aliphatic rings. The zero-order chi connectivity index (χ0) is 19.8. The lowest BCUT2D eigenvalue weighted by atomic mass is 9.98. The second-order valence-electron chi connectivity index (χ2n) is 8.22. The van der Waals surface area contributed by atoms with Crippen molar-refractivity contribution in [3.8, 4) is 0 Å². The van der Waals surface area contributed by atoms with Crippen LogP contribution in [0.4, 0.5) is 0 Å². The first-order valence-electron chi connectivity index (χ1n) is 10.5. The molecule has 1 aliphatic carbocycles. The predicted molar refractivity (Wildman–Crippen MR) is 112 cm³/mol. The number of aromatic amines is 1. The molecule has 2 aromatic heterocycles. The highest BCUT2D eigenvalue weighted by atomic mass is 16.2. The van der Waals surface area contributed by atoms with Crippen LogP contribution in [0.5, 0.6) is 0 Å². The van der Waals surface area contributed by atoms with E-state index in [4.69, 9.17) is 0 Å². The number of carbonyl (C=O) groups is 1. The maximum Gasteiger partial charge on any atom is 0.273 e. The van der Waals surface area contributed by atoms with Crippen LogP contribution < -0.4 is 5.43 Å². The molecule has 4 heterocycles. The first-order valence-corrected chi connectivity index (χ1v) is 10.5. The maximum atomic E-state index is 12.5. The third-order valence-electron chi connectivity index (χ3n) is 6.17. The highest BCUT2D eigenvalue weighted by Gasteiger charge is 2.32. The number of carbonyl (C=O) groups excluding carboxylic acids is 1. The van der Waals surface area contributed by atoms with Crippen molar-refractivity contribution in [1.82, 2.24) is 25.5 Å². The lowest BCUT2D eigenvalue weighted by molar-refractivity contribution is -0.116. The quantitative estimate of drug-likeness (QED) is 0.742. The Hall–Kier alpha value is -2.80. The molecule has 7 heteroatoms. The van der Waals surface area contributed by atoms with Gasteiger partial charge in [-0.25, -0.2) is 5.43 Å². The van der Waals surface area contributed by atoms with Crippen molar-refractivity contribution < 1.29 is 4.79 Å². The summed E-state index contributed by atoms with van der Waals surface area (Å²) in [7, 11) is 0. The van der Waals surface area contributed by atoms with E-state index in [2.05, 4.69) is 37.5 Å². The molecule has 1 saturated carbocycles. The number of hydrazone groups is 1. The zero-order valence-corrected chi connectivity index (χ0v) is 16.7. The molecule has 5 rings (SSSR count). The summed E-state index contributed by atoms with van der Waals surface area (Å²) < 4.78 is 0. The van der Waals surface area contributed by atoms with Gasteiger partial charge in [0, 0.05) is 23.5 Å². The SMILES string of the molecule is Cc1[nH]c(C=C2C(=O)NN=C2c2ccnnc2)c(C2CC2)c1CCN1CCCC1. The van der Waals surface area contributed by atoms with Crippen LogP contribution in [0.25, 0.3) is 6.08 Å². The van der Waals surface area contributed by atoms with Crippen LogP contribution in [-0.4, -0.2) is 51.3 Å². The Morgan fingerprint density at radius 2 is 2.07 bits per heavy atom. The average molecular weight is 390 g/mol. The van der Waals surface area contributed by atoms with Gasteiger partial charge in [-0.2, -0.15) is 15.3 Å². The van der Waals surface area contributed by atoms with Crippen molar-refractivity contribution in [3.05, 3.63) is 52.1 Å². The van der Waals surface area contributed by atoms with Crippen molar-refractivity contribution in [1.29, 1.82) is 0 Å². The molecule has 1 saturated heterocycles. The first-order chi connectivity index (χ1) is 14.2. The van der Waals surface area contributed by atoms with Crippen molar-refractivity contribution in [2.75, 3.05) is 19.6 Å². The van der Waals surface area contributed by atoms with Gasteiger partial charge < -0.3 is 9.88 Å². The molecule has 2 fully saturated rings. The summed E-state index contributed by atoms with van der Waals surface area (Å²) in [5.74, 6) is 0.428. The fraction of sp³-hybridized carbons (Fsp3) is 0.455. The van der Waals surface area contributed by atoms with Crippen LogP contribution in [0, 0.1) is 6.92 Å². The fourth-order valence-corrected chi connectivity index (χ4v) is 4.52. The minimum absolute atomic E-state index is 0.176. The third kappa shape index (κ3) is 3.62. The molecule has 0 atom stereocenters. The lowest BCUT2D eigenvalue weighted by Crippen LogP contribution is -2.22. The maximum absolute atomic E-state index is 12.5. The van der Waals surface area contributed by atoms with Gasteiger partial charge in [-0.1, -0.05) is 0 Å². The van der Waals surface area contributed by atoms with Crippen molar-refractivity contribution >= 4 is 17.7 Å². The average Bonchev–Trinajstić information content (AvgIpc) is 3.16. The molecular weight excluding hydrogens is 364 g/mol. The van der Waals surface area contributed by atoms with Crippen LogP contribution >= 0.6 is 0 Å². The molecule has 1 amide bonds. The Balaban J connectivity index is 1.48. The van der Waals surface area contributed by atoms with Gasteiger partial charge in [0.2, 0.25) is 0 Å². The summed E-state index contributed by atoms with van der Waals surface area (Å²) in [6.45, 7) is 5.71. The number of nitrogens with one attached hydrogen (secondary N) is 2. The second-order valence-corrected chi connectivity index (χ2v) is 8.22. The number of H-pyrrole nitrogens is 1. The van der Waals surface area contributed by atoms with E-state index in [1.807, 2.05) is 12.1 Å². The lowest BCUT2D eigenvalue weighted by Gasteiger charge is -2.15. The summed E-state index contributed by atoms with van der Waals surface area (Å²) in [5.41, 5.74) is 9.71. The van der Waals surface area contributed by atoms with Gasteiger partial charge in [-0.05, 0) is 81.3 Å². The van der Waals surface area contributed by atoms with E-state index in [1.165, 1.54) is 55.6 Å². The van der Waals surface area contributed by atoms with Crippen LogP contribution in [-0.2, 0) is 11.2 Å². The first kappa shape index (κ1) is 18.2. The number of hydrogen-bond donors (Lipinski definition) is 2. The van der Waals surface area contributed by atoms with Crippen molar-refractivity contribution in [2.45, 2.75) is 44.9 Å². The monoisotopic (exact) mass is 390 g/mol. The van der Waals surface area contributed by atoms with Gasteiger partial charge in [-0.3, -0.25) is 4.79 Å². The van der Waals surface area contributed by atoms with E-state index >= 15 is 0 Å². The van der Waals surface area contributed by atoms with Crippen LogP contribution in [0.15, 0.2) is 29.1 Å². The molecule has 7 nitrogen and oxygen atoms in total. The Labute approximate surface area is 170 Å². The molecule has 2 N–H and O–H groups in total. The zero-order valence-electron chi connectivity index (χ0n) is 16.7. The molecule has 0 spiro atoms. The number of aryl methyl sites for hydroxylation is 1. The van der Waals surface area contributed by atoms with Crippen LogP contribution in [0.3, 0.4) is 0 Å². The molecule has 0 bridgehead atoms. The minimum atomic E-state index is -0.176. The van der Waals surface area contributed by atoms with Crippen molar-refractivity contribution in [2.24, 2.45) is 5.10 Å². The summed E-state index contributed by atoms with van der Waals surface area (Å²) in [6, 6.07) is 1.82. The van der Waals surface area contributed by atoms with Gasteiger partial charge in [0.25, 0.3) is 5.91 Å². The molecular formula is C22H26N6O. The van der Waals surface area contributed by atoms with Crippen molar-refractivity contribution in [3.63, 3.8) is 0 Å². The summed E-state index contributed by atoms with van der Waals surface area (Å²) >= 11 is 0. The van der Waals surface area contributed by atoms with E-state index < -0.39 is 0 Å². The molecule has 29 heavy (non-hydrogen) atoms. The molecule has 0 unspecified atom stereocenters. The topological polar surface area (TPSA) is 86.3 Å². The second kappa shape index (κ2) is 7.55. The van der Waals surface area contributed by atoms with E-state index in [0.29, 0.717) is 17.2 Å². The standard InChI is InChI=1S/C22H26N6O/c1-14-17(7-11-28-9-2-3-10-28)20(15-4-5-15)19(25-14)12-18-21(26-27-22(18)29)16-6-8-23-24-13-16/h6,8,12-13,15,25H,2-5,7,9-11H2,1H3,(H,27,29). The minimum Gasteiger partial charge on any atom is -0.359 e. The van der Waals surface area contributed by atoms with Gasteiger partial charge in [0.05, 0.1) is 18.0 Å². The summed E-state index contributed by atoms with van der Waals surface area (Å²) in [5, 5.41) is 12.0. The van der Waals surface area contributed by atoms with E-state index in [1.54, 1.807) is 12.4 Å². The molecule has 2 aliphatic heterocycles. The molecule has 150 valence electrons.